The third-order valence-electron chi connectivity index (χ3n) is 3.62. The van der Waals surface area contributed by atoms with E-state index in [4.69, 9.17) is 9.47 Å². The molecule has 1 aromatic rings. The molecule has 4 heteroatoms. The SMILES string of the molecule is COc1c(C)cc(N(C)CC2(C#N)COC2)cc1C. The van der Waals surface area contributed by atoms with Crippen LogP contribution in [0.2, 0.25) is 0 Å². The molecule has 1 fully saturated rings. The van der Waals surface area contributed by atoms with Crippen LogP contribution in [0.4, 0.5) is 5.69 Å². The smallest absolute Gasteiger partial charge is 0.124 e. The monoisotopic (exact) mass is 260 g/mol. The maximum absolute atomic E-state index is 9.25. The zero-order valence-electron chi connectivity index (χ0n) is 12.0. The van der Waals surface area contributed by atoms with Crippen LogP contribution >= 0.6 is 0 Å². The first kappa shape index (κ1) is 13.7. The lowest BCUT2D eigenvalue weighted by molar-refractivity contribution is -0.0716. The van der Waals surface area contributed by atoms with Gasteiger partial charge in [-0.25, -0.2) is 0 Å². The molecule has 0 unspecified atom stereocenters. The molecule has 0 amide bonds. The molecule has 0 N–H and O–H groups in total. The molecule has 1 saturated heterocycles. The highest BCUT2D eigenvalue weighted by Crippen LogP contribution is 2.32. The topological polar surface area (TPSA) is 45.5 Å². The van der Waals surface area contributed by atoms with E-state index in [0.29, 0.717) is 19.8 Å². The summed E-state index contributed by atoms with van der Waals surface area (Å²) in [7, 11) is 3.70. The van der Waals surface area contributed by atoms with Crippen molar-refractivity contribution in [3.8, 4) is 11.8 Å². The molecule has 2 rings (SSSR count). The van der Waals surface area contributed by atoms with Crippen molar-refractivity contribution >= 4 is 5.69 Å². The molecule has 1 aliphatic heterocycles. The Labute approximate surface area is 114 Å². The van der Waals surface area contributed by atoms with Gasteiger partial charge in [-0.15, -0.1) is 0 Å². The molecule has 1 aliphatic rings. The molecule has 0 radical (unpaired) electrons. The normalized spacial score (nSPS) is 16.4. The van der Waals surface area contributed by atoms with Crippen molar-refractivity contribution in [3.63, 3.8) is 0 Å². The lowest BCUT2D eigenvalue weighted by Crippen LogP contribution is -2.49. The zero-order chi connectivity index (χ0) is 14.0. The van der Waals surface area contributed by atoms with Gasteiger partial charge in [-0.2, -0.15) is 5.26 Å². The first-order valence-corrected chi connectivity index (χ1v) is 6.37. The lowest BCUT2D eigenvalue weighted by Gasteiger charge is -2.38. The van der Waals surface area contributed by atoms with Crippen LogP contribution in [0.5, 0.6) is 5.75 Å². The van der Waals surface area contributed by atoms with Crippen LogP contribution in [-0.2, 0) is 4.74 Å². The van der Waals surface area contributed by atoms with Gasteiger partial charge in [-0.1, -0.05) is 0 Å². The molecule has 1 heterocycles. The van der Waals surface area contributed by atoms with E-state index in [1.165, 1.54) is 0 Å². The molecule has 4 nitrogen and oxygen atoms in total. The Kier molecular flexibility index (Phi) is 3.68. The van der Waals surface area contributed by atoms with Gasteiger partial charge in [0.25, 0.3) is 0 Å². The predicted octanol–water partition coefficient (Wildman–Crippen LogP) is 2.29. The molecular weight excluding hydrogens is 240 g/mol. The average Bonchev–Trinajstić information content (AvgIpc) is 2.33. The maximum Gasteiger partial charge on any atom is 0.124 e. The molecule has 1 aromatic carbocycles. The first-order valence-electron chi connectivity index (χ1n) is 6.37. The highest BCUT2D eigenvalue weighted by Gasteiger charge is 2.40. The largest absolute Gasteiger partial charge is 0.496 e. The fourth-order valence-electron chi connectivity index (χ4n) is 2.55. The number of aryl methyl sites for hydroxylation is 2. The minimum Gasteiger partial charge on any atom is -0.496 e. The van der Waals surface area contributed by atoms with Crippen molar-refractivity contribution < 1.29 is 9.47 Å². The zero-order valence-corrected chi connectivity index (χ0v) is 12.0. The summed E-state index contributed by atoms with van der Waals surface area (Å²) >= 11 is 0. The van der Waals surface area contributed by atoms with E-state index in [1.807, 2.05) is 20.9 Å². The van der Waals surface area contributed by atoms with Crippen molar-refractivity contribution in [2.45, 2.75) is 13.8 Å². The second-order valence-electron chi connectivity index (χ2n) is 5.35. The van der Waals surface area contributed by atoms with E-state index in [1.54, 1.807) is 7.11 Å². The molecule has 19 heavy (non-hydrogen) atoms. The number of nitrogens with zero attached hydrogens (tertiary/aromatic N) is 2. The van der Waals surface area contributed by atoms with Crippen LogP contribution in [0.25, 0.3) is 0 Å². The summed E-state index contributed by atoms with van der Waals surface area (Å²) < 4.78 is 10.6. The number of nitriles is 1. The summed E-state index contributed by atoms with van der Waals surface area (Å²) in [5.41, 5.74) is 2.98. The van der Waals surface area contributed by atoms with Gasteiger partial charge in [-0.05, 0) is 37.1 Å². The second kappa shape index (κ2) is 5.10. The van der Waals surface area contributed by atoms with Gasteiger partial charge in [0.15, 0.2) is 0 Å². The minimum absolute atomic E-state index is 0.351. The van der Waals surface area contributed by atoms with Crippen LogP contribution in [-0.4, -0.2) is 33.9 Å². The lowest BCUT2D eigenvalue weighted by atomic mass is 9.87. The maximum atomic E-state index is 9.25. The summed E-state index contributed by atoms with van der Waals surface area (Å²) in [6.07, 6.45) is 0. The van der Waals surface area contributed by atoms with E-state index in [-0.39, 0.29) is 5.41 Å². The summed E-state index contributed by atoms with van der Waals surface area (Å²) in [6, 6.07) is 6.56. The molecule has 0 saturated carbocycles. The Morgan fingerprint density at radius 3 is 2.32 bits per heavy atom. The Hall–Kier alpha value is -1.73. The number of rotatable bonds is 4. The fraction of sp³-hybridized carbons (Fsp3) is 0.533. The van der Waals surface area contributed by atoms with Crippen molar-refractivity contribution in [1.29, 1.82) is 5.26 Å². The van der Waals surface area contributed by atoms with Crippen molar-refractivity contribution in [1.82, 2.24) is 0 Å². The van der Waals surface area contributed by atoms with Crippen LogP contribution in [0.15, 0.2) is 12.1 Å². The molecule has 0 atom stereocenters. The van der Waals surface area contributed by atoms with Gasteiger partial charge in [-0.3, -0.25) is 0 Å². The van der Waals surface area contributed by atoms with Crippen LogP contribution in [0.1, 0.15) is 11.1 Å². The highest BCUT2D eigenvalue weighted by atomic mass is 16.5. The summed E-state index contributed by atoms with van der Waals surface area (Å²) in [4.78, 5) is 2.12. The van der Waals surface area contributed by atoms with Crippen LogP contribution in [0.3, 0.4) is 0 Å². The molecule has 0 aliphatic carbocycles. The van der Waals surface area contributed by atoms with Crippen LogP contribution in [0, 0.1) is 30.6 Å². The van der Waals surface area contributed by atoms with Gasteiger partial charge in [0.05, 0.1) is 26.4 Å². The van der Waals surface area contributed by atoms with Crippen molar-refractivity contribution in [2.24, 2.45) is 5.41 Å². The highest BCUT2D eigenvalue weighted by molar-refractivity contribution is 5.56. The Bertz CT molecular complexity index is 492. The van der Waals surface area contributed by atoms with Gasteiger partial charge in [0.1, 0.15) is 11.2 Å². The van der Waals surface area contributed by atoms with E-state index in [0.717, 1.165) is 22.6 Å². The van der Waals surface area contributed by atoms with Crippen LogP contribution < -0.4 is 9.64 Å². The minimum atomic E-state index is -0.351. The van der Waals surface area contributed by atoms with Gasteiger partial charge < -0.3 is 14.4 Å². The Morgan fingerprint density at radius 1 is 1.37 bits per heavy atom. The average molecular weight is 260 g/mol. The quantitative estimate of drug-likeness (QED) is 0.833. The van der Waals surface area contributed by atoms with E-state index in [2.05, 4.69) is 23.1 Å². The van der Waals surface area contributed by atoms with Gasteiger partial charge in [0.2, 0.25) is 0 Å². The van der Waals surface area contributed by atoms with Gasteiger partial charge in [0, 0.05) is 19.3 Å². The van der Waals surface area contributed by atoms with E-state index >= 15 is 0 Å². The standard InChI is InChI=1S/C15H20N2O2/c1-11-5-13(6-12(2)14(11)18-4)17(3)8-15(7-16)9-19-10-15/h5-6H,8-10H2,1-4H3. The number of anilines is 1. The van der Waals surface area contributed by atoms with Crippen molar-refractivity contribution in [3.05, 3.63) is 23.3 Å². The number of methoxy groups -OCH3 is 1. The summed E-state index contributed by atoms with van der Waals surface area (Å²) in [5.74, 6) is 0.930. The number of hydrogen-bond acceptors (Lipinski definition) is 4. The number of hydrogen-bond donors (Lipinski definition) is 0. The third-order valence-corrected chi connectivity index (χ3v) is 3.62. The first-order chi connectivity index (χ1) is 9.01. The predicted molar refractivity (Wildman–Crippen MR) is 74.6 cm³/mol. The fourth-order valence-corrected chi connectivity index (χ4v) is 2.55. The molecule has 102 valence electrons. The second-order valence-corrected chi connectivity index (χ2v) is 5.35. The molecule has 0 aromatic heterocycles. The van der Waals surface area contributed by atoms with E-state index in [9.17, 15) is 5.26 Å². The summed E-state index contributed by atoms with van der Waals surface area (Å²) in [6.45, 7) is 5.82. The van der Waals surface area contributed by atoms with Gasteiger partial charge >= 0.3 is 0 Å². The Balaban J connectivity index is 2.20. The summed E-state index contributed by atoms with van der Waals surface area (Å²) in [5, 5.41) is 9.25. The third kappa shape index (κ3) is 2.52. The van der Waals surface area contributed by atoms with Crippen molar-refractivity contribution in [2.75, 3.05) is 38.8 Å². The molecule has 0 bridgehead atoms. The number of ether oxygens (including phenoxy) is 2. The molecular formula is C15H20N2O2. The molecule has 0 spiro atoms. The number of benzene rings is 1. The van der Waals surface area contributed by atoms with E-state index < -0.39 is 0 Å². The Morgan fingerprint density at radius 2 is 1.95 bits per heavy atom.